The molecule has 4 N–H and O–H groups in total. The predicted molar refractivity (Wildman–Crippen MR) is 65.0 cm³/mol. The third-order valence-electron chi connectivity index (χ3n) is 2.57. The highest BCUT2D eigenvalue weighted by Crippen LogP contribution is 2.52. The molecule has 0 aromatic heterocycles. The monoisotopic (exact) mass is 276 g/mol. The van der Waals surface area contributed by atoms with Crippen molar-refractivity contribution in [3.8, 4) is 0 Å². The van der Waals surface area contributed by atoms with Crippen LogP contribution in [-0.2, 0) is 9.59 Å². The first-order valence-electron chi connectivity index (χ1n) is 5.02. The summed E-state index contributed by atoms with van der Waals surface area (Å²) >= 11 is 2.67. The van der Waals surface area contributed by atoms with E-state index in [9.17, 15) is 9.59 Å². The number of hydrogen-bond acceptors (Lipinski definition) is 6. The van der Waals surface area contributed by atoms with Crippen LogP contribution < -0.4 is 5.73 Å². The Morgan fingerprint density at radius 3 is 2.82 bits per heavy atom. The van der Waals surface area contributed by atoms with E-state index in [2.05, 4.69) is 0 Å². The summed E-state index contributed by atoms with van der Waals surface area (Å²) in [6.07, 6.45) is 0. The second kappa shape index (κ2) is 4.89. The molecule has 2 rings (SSSR count). The number of amides is 1. The van der Waals surface area contributed by atoms with Crippen molar-refractivity contribution in [1.82, 2.24) is 4.90 Å². The molecule has 0 saturated carbocycles. The van der Waals surface area contributed by atoms with Crippen LogP contribution in [0.2, 0.25) is 0 Å². The van der Waals surface area contributed by atoms with Crippen LogP contribution in [0.25, 0.3) is 0 Å². The SMILES string of the molecule is NCCSC1=C(C(=O)O)N2C(=O)C(CO)[C@H]2S1. The summed E-state index contributed by atoms with van der Waals surface area (Å²) in [5.41, 5.74) is 5.41. The minimum absolute atomic E-state index is 0.0353. The summed E-state index contributed by atoms with van der Waals surface area (Å²) < 4.78 is 0.609. The molecular formula is C9H12N2O4S2. The lowest BCUT2D eigenvalue weighted by molar-refractivity contribution is -0.153. The minimum atomic E-state index is -1.11. The number of carbonyl (C=O) groups is 2. The van der Waals surface area contributed by atoms with Crippen molar-refractivity contribution in [2.24, 2.45) is 11.7 Å². The van der Waals surface area contributed by atoms with E-state index in [4.69, 9.17) is 15.9 Å². The second-order valence-corrected chi connectivity index (χ2v) is 6.07. The fourth-order valence-electron chi connectivity index (χ4n) is 1.77. The van der Waals surface area contributed by atoms with Crippen molar-refractivity contribution in [3.05, 3.63) is 9.93 Å². The van der Waals surface area contributed by atoms with Crippen LogP contribution in [0.15, 0.2) is 9.93 Å². The lowest BCUT2D eigenvalue weighted by Gasteiger charge is -2.41. The number of aliphatic carboxylic acids is 1. The standard InChI is InChI=1S/C9H12N2O4S2/c10-1-2-16-9-5(8(14)15)11-6(13)4(3-12)7(11)17-9/h4,7,12H,1-3,10H2,(H,14,15)/t4?,7-/m1/s1. The van der Waals surface area contributed by atoms with E-state index in [1.54, 1.807) is 0 Å². The summed E-state index contributed by atoms with van der Waals surface area (Å²) in [6, 6.07) is 0. The number of aliphatic hydroxyl groups excluding tert-OH is 1. The zero-order chi connectivity index (χ0) is 12.6. The van der Waals surface area contributed by atoms with Crippen LogP contribution >= 0.6 is 23.5 Å². The van der Waals surface area contributed by atoms with E-state index < -0.39 is 11.9 Å². The summed E-state index contributed by atoms with van der Waals surface area (Å²) in [6.45, 7) is 0.207. The van der Waals surface area contributed by atoms with Crippen LogP contribution in [0, 0.1) is 5.92 Å². The number of carbonyl (C=O) groups excluding carboxylic acids is 1. The Hall–Kier alpha value is -0.700. The third-order valence-corrected chi connectivity index (χ3v) is 5.29. The van der Waals surface area contributed by atoms with Crippen molar-refractivity contribution >= 4 is 35.4 Å². The van der Waals surface area contributed by atoms with Gasteiger partial charge in [0.25, 0.3) is 0 Å². The van der Waals surface area contributed by atoms with Gasteiger partial charge in [0.2, 0.25) is 5.91 Å². The van der Waals surface area contributed by atoms with Gasteiger partial charge in [0.15, 0.2) is 5.70 Å². The van der Waals surface area contributed by atoms with Gasteiger partial charge < -0.3 is 15.9 Å². The molecule has 1 amide bonds. The maximum Gasteiger partial charge on any atom is 0.354 e. The molecule has 17 heavy (non-hydrogen) atoms. The number of carboxylic acid groups (broad SMARTS) is 1. The van der Waals surface area contributed by atoms with Gasteiger partial charge >= 0.3 is 5.97 Å². The van der Waals surface area contributed by atoms with Crippen molar-refractivity contribution in [2.75, 3.05) is 18.9 Å². The normalized spacial score (nSPS) is 27.2. The molecule has 2 aliphatic rings. The Kier molecular flexibility index (Phi) is 3.67. The van der Waals surface area contributed by atoms with Crippen LogP contribution in [0.5, 0.6) is 0 Å². The molecule has 2 atom stereocenters. The van der Waals surface area contributed by atoms with E-state index >= 15 is 0 Å². The summed E-state index contributed by atoms with van der Waals surface area (Å²) in [4.78, 5) is 24.0. The summed E-state index contributed by atoms with van der Waals surface area (Å²) in [5, 5.41) is 17.9. The molecule has 1 saturated heterocycles. The summed E-state index contributed by atoms with van der Waals surface area (Å²) in [7, 11) is 0. The lowest BCUT2D eigenvalue weighted by atomic mass is 9.99. The first-order chi connectivity index (χ1) is 8.11. The maximum atomic E-state index is 11.6. The van der Waals surface area contributed by atoms with Crippen molar-refractivity contribution in [3.63, 3.8) is 0 Å². The van der Waals surface area contributed by atoms with Crippen LogP contribution in [-0.4, -0.2) is 51.3 Å². The number of rotatable bonds is 5. The summed E-state index contributed by atoms with van der Waals surface area (Å²) in [5.74, 6) is -1.29. The molecule has 6 nitrogen and oxygen atoms in total. The topological polar surface area (TPSA) is 104 Å². The number of carboxylic acids is 1. The number of nitrogens with two attached hydrogens (primary N) is 1. The highest BCUT2D eigenvalue weighted by molar-refractivity contribution is 8.22. The van der Waals surface area contributed by atoms with Gasteiger partial charge in [-0.15, -0.1) is 11.8 Å². The van der Waals surface area contributed by atoms with Crippen molar-refractivity contribution < 1.29 is 19.8 Å². The molecule has 0 spiro atoms. The molecular weight excluding hydrogens is 264 g/mol. The van der Waals surface area contributed by atoms with Gasteiger partial charge in [-0.05, 0) is 0 Å². The van der Waals surface area contributed by atoms with Crippen LogP contribution in [0.1, 0.15) is 0 Å². The first-order valence-corrected chi connectivity index (χ1v) is 6.89. The van der Waals surface area contributed by atoms with Gasteiger partial charge in [0.1, 0.15) is 5.37 Å². The molecule has 8 heteroatoms. The Bertz CT molecular complexity index is 398. The second-order valence-electron chi connectivity index (χ2n) is 3.58. The van der Waals surface area contributed by atoms with E-state index in [0.717, 1.165) is 0 Å². The lowest BCUT2D eigenvalue weighted by Crippen LogP contribution is -2.58. The molecule has 2 aliphatic heterocycles. The largest absolute Gasteiger partial charge is 0.477 e. The average molecular weight is 276 g/mol. The van der Waals surface area contributed by atoms with Gasteiger partial charge in [-0.3, -0.25) is 9.69 Å². The third kappa shape index (κ3) is 1.95. The Labute approximate surface area is 106 Å². The van der Waals surface area contributed by atoms with Crippen molar-refractivity contribution in [2.45, 2.75) is 5.37 Å². The molecule has 2 heterocycles. The smallest absolute Gasteiger partial charge is 0.354 e. The first kappa shape index (κ1) is 12.7. The van der Waals surface area contributed by atoms with Gasteiger partial charge in [0, 0.05) is 12.3 Å². The highest BCUT2D eigenvalue weighted by atomic mass is 32.2. The number of aliphatic hydroxyl groups is 1. The van der Waals surface area contributed by atoms with Crippen LogP contribution in [0.4, 0.5) is 0 Å². The fourth-order valence-corrected chi connectivity index (χ4v) is 4.41. The highest BCUT2D eigenvalue weighted by Gasteiger charge is 2.55. The average Bonchev–Trinajstić information content (AvgIpc) is 2.62. The van der Waals surface area contributed by atoms with Gasteiger partial charge in [-0.1, -0.05) is 11.8 Å². The molecule has 1 unspecified atom stereocenters. The maximum absolute atomic E-state index is 11.6. The molecule has 0 aromatic carbocycles. The molecule has 0 aliphatic carbocycles. The number of fused-ring (bicyclic) bond motifs is 1. The van der Waals surface area contributed by atoms with E-state index in [1.807, 2.05) is 0 Å². The fraction of sp³-hybridized carbons (Fsp3) is 0.556. The number of hydrogen-bond donors (Lipinski definition) is 3. The van der Waals surface area contributed by atoms with E-state index in [1.165, 1.54) is 28.4 Å². The van der Waals surface area contributed by atoms with Gasteiger partial charge in [-0.2, -0.15) is 0 Å². The van der Waals surface area contributed by atoms with Gasteiger partial charge in [0.05, 0.1) is 16.8 Å². The van der Waals surface area contributed by atoms with E-state index in [0.29, 0.717) is 16.5 Å². The zero-order valence-corrected chi connectivity index (χ0v) is 10.5. The molecule has 0 radical (unpaired) electrons. The Morgan fingerprint density at radius 2 is 2.29 bits per heavy atom. The molecule has 0 bridgehead atoms. The Balaban J connectivity index is 2.20. The molecule has 1 fully saturated rings. The van der Waals surface area contributed by atoms with Gasteiger partial charge in [-0.25, -0.2) is 4.79 Å². The van der Waals surface area contributed by atoms with Crippen molar-refractivity contribution in [1.29, 1.82) is 0 Å². The molecule has 94 valence electrons. The number of β-lactam (4-membered cyclic amide) rings is 1. The number of thioether (sulfide) groups is 2. The minimum Gasteiger partial charge on any atom is -0.477 e. The quantitative estimate of drug-likeness (QED) is 0.579. The predicted octanol–water partition coefficient (Wildman–Crippen LogP) is -0.544. The Morgan fingerprint density at radius 1 is 1.59 bits per heavy atom. The van der Waals surface area contributed by atoms with E-state index in [-0.39, 0.29) is 23.6 Å². The van der Waals surface area contributed by atoms with Crippen LogP contribution in [0.3, 0.4) is 0 Å². The number of nitrogens with zero attached hydrogens (tertiary/aromatic N) is 1. The zero-order valence-electron chi connectivity index (χ0n) is 8.83. The molecule has 0 aromatic rings.